The minimum atomic E-state index is 0.956. The van der Waals surface area contributed by atoms with Gasteiger partial charge in [-0.3, -0.25) is 0 Å². The fourth-order valence-electron chi connectivity index (χ4n) is 1.45. The van der Waals surface area contributed by atoms with Crippen molar-refractivity contribution in [1.82, 2.24) is 0 Å². The molecule has 15 heavy (non-hydrogen) atoms. The molecule has 0 saturated carbocycles. The van der Waals surface area contributed by atoms with Crippen LogP contribution in [-0.4, -0.2) is 5.75 Å². The highest BCUT2D eigenvalue weighted by Crippen LogP contribution is 2.05. The zero-order valence-corrected chi connectivity index (χ0v) is 11.0. The van der Waals surface area contributed by atoms with Crippen molar-refractivity contribution >= 4 is 12.6 Å². The average Bonchev–Trinajstić information content (AvgIpc) is 2.26. The molecule has 0 N–H and O–H groups in total. The molecule has 0 nitrogen and oxygen atoms in total. The summed E-state index contributed by atoms with van der Waals surface area (Å²) in [6.45, 7) is 2.26. The molecule has 0 aliphatic carbocycles. The van der Waals surface area contributed by atoms with Crippen LogP contribution in [0.5, 0.6) is 0 Å². The van der Waals surface area contributed by atoms with Crippen LogP contribution >= 0.6 is 12.6 Å². The number of hydrogen-bond donors (Lipinski definition) is 1. The Labute approximate surface area is 101 Å². The molecular weight excluding hydrogens is 200 g/mol. The quantitative estimate of drug-likeness (QED) is 0.296. The van der Waals surface area contributed by atoms with E-state index < -0.39 is 0 Å². The second-order valence-corrected chi connectivity index (χ2v) is 4.34. The molecule has 0 radical (unpaired) electrons. The zero-order chi connectivity index (χ0) is 11.2. The van der Waals surface area contributed by atoms with Gasteiger partial charge in [0.25, 0.3) is 0 Å². The van der Waals surface area contributed by atoms with Gasteiger partial charge >= 0.3 is 0 Å². The van der Waals surface area contributed by atoms with Gasteiger partial charge in [-0.15, -0.1) is 0 Å². The van der Waals surface area contributed by atoms with Gasteiger partial charge in [-0.2, -0.15) is 12.6 Å². The Morgan fingerprint density at radius 2 is 1.47 bits per heavy atom. The lowest BCUT2D eigenvalue weighted by atomic mass is 10.1. The molecule has 0 amide bonds. The molecule has 0 spiro atoms. The third-order valence-corrected chi connectivity index (χ3v) is 2.63. The monoisotopic (exact) mass is 226 g/mol. The van der Waals surface area contributed by atoms with Gasteiger partial charge in [-0.25, -0.2) is 0 Å². The van der Waals surface area contributed by atoms with Crippen LogP contribution in [0.15, 0.2) is 24.3 Å². The van der Waals surface area contributed by atoms with E-state index in [-0.39, 0.29) is 0 Å². The number of hydrogen-bond acceptors (Lipinski definition) is 1. The van der Waals surface area contributed by atoms with Crippen LogP contribution in [0, 0.1) is 0 Å². The largest absolute Gasteiger partial charge is 0.179 e. The Morgan fingerprint density at radius 1 is 0.800 bits per heavy atom. The third kappa shape index (κ3) is 13.8. The van der Waals surface area contributed by atoms with Gasteiger partial charge in [0.05, 0.1) is 0 Å². The Balaban J connectivity index is 3.10. The zero-order valence-electron chi connectivity index (χ0n) is 10.1. The lowest BCUT2D eigenvalue weighted by Crippen LogP contribution is -1.75. The van der Waals surface area contributed by atoms with Gasteiger partial charge in [0, 0.05) is 0 Å². The van der Waals surface area contributed by atoms with Crippen molar-refractivity contribution in [2.24, 2.45) is 0 Å². The van der Waals surface area contributed by atoms with Crippen LogP contribution in [-0.2, 0) is 0 Å². The third-order valence-electron chi connectivity index (χ3n) is 2.38. The molecule has 1 heteroatoms. The number of allylic oxidation sites excluding steroid dienone is 4. The van der Waals surface area contributed by atoms with Gasteiger partial charge in [-0.1, -0.05) is 56.9 Å². The molecule has 0 atom stereocenters. The predicted molar refractivity (Wildman–Crippen MR) is 74.7 cm³/mol. The van der Waals surface area contributed by atoms with Crippen molar-refractivity contribution in [3.05, 3.63) is 24.3 Å². The summed E-state index contributed by atoms with van der Waals surface area (Å²) in [5.74, 6) is 0.956. The van der Waals surface area contributed by atoms with Crippen molar-refractivity contribution in [3.63, 3.8) is 0 Å². The van der Waals surface area contributed by atoms with E-state index in [4.69, 9.17) is 0 Å². The smallest absolute Gasteiger partial charge is 0.00633 e. The van der Waals surface area contributed by atoms with Crippen LogP contribution in [0.1, 0.15) is 58.3 Å². The summed E-state index contributed by atoms with van der Waals surface area (Å²) < 4.78 is 0. The van der Waals surface area contributed by atoms with E-state index in [0.717, 1.165) is 18.6 Å². The highest BCUT2D eigenvalue weighted by Gasteiger charge is 1.85. The Morgan fingerprint density at radius 3 is 2.13 bits per heavy atom. The van der Waals surface area contributed by atoms with E-state index >= 15 is 0 Å². The number of unbranched alkanes of at least 4 members (excludes halogenated alkanes) is 5. The van der Waals surface area contributed by atoms with E-state index in [1.165, 1.54) is 38.5 Å². The van der Waals surface area contributed by atoms with Crippen molar-refractivity contribution in [2.75, 3.05) is 5.75 Å². The summed E-state index contributed by atoms with van der Waals surface area (Å²) in [5, 5.41) is 0. The number of thiol groups is 1. The van der Waals surface area contributed by atoms with Gasteiger partial charge in [0.15, 0.2) is 0 Å². The SMILES string of the molecule is CCCCCCCC=CCC=CCCS. The second-order valence-electron chi connectivity index (χ2n) is 3.89. The molecule has 0 aliphatic heterocycles. The molecule has 0 aromatic heterocycles. The lowest BCUT2D eigenvalue weighted by molar-refractivity contribution is 0.637. The summed E-state index contributed by atoms with van der Waals surface area (Å²) in [5.41, 5.74) is 0. The minimum absolute atomic E-state index is 0.956. The Hall–Kier alpha value is -0.170. The fourth-order valence-corrected chi connectivity index (χ4v) is 1.60. The molecule has 0 aromatic carbocycles. The highest BCUT2D eigenvalue weighted by atomic mass is 32.1. The van der Waals surface area contributed by atoms with Gasteiger partial charge in [-0.05, 0) is 31.4 Å². The van der Waals surface area contributed by atoms with Crippen molar-refractivity contribution in [3.8, 4) is 0 Å². The summed E-state index contributed by atoms with van der Waals surface area (Å²) >= 11 is 4.15. The summed E-state index contributed by atoms with van der Waals surface area (Å²) in [6.07, 6.45) is 19.4. The molecule has 0 rings (SSSR count). The lowest BCUT2D eigenvalue weighted by Gasteiger charge is -1.95. The van der Waals surface area contributed by atoms with Gasteiger partial charge in [0.2, 0.25) is 0 Å². The van der Waals surface area contributed by atoms with Crippen LogP contribution in [0.3, 0.4) is 0 Å². The maximum Gasteiger partial charge on any atom is -0.00633 e. The molecule has 0 bridgehead atoms. The van der Waals surface area contributed by atoms with Crippen molar-refractivity contribution < 1.29 is 0 Å². The Kier molecular flexibility index (Phi) is 13.7. The summed E-state index contributed by atoms with van der Waals surface area (Å²) in [6, 6.07) is 0. The minimum Gasteiger partial charge on any atom is -0.179 e. The van der Waals surface area contributed by atoms with Gasteiger partial charge in [0.1, 0.15) is 0 Å². The van der Waals surface area contributed by atoms with E-state index in [1.807, 2.05) is 0 Å². The average molecular weight is 226 g/mol. The van der Waals surface area contributed by atoms with Crippen LogP contribution in [0.2, 0.25) is 0 Å². The van der Waals surface area contributed by atoms with E-state index in [1.54, 1.807) is 0 Å². The van der Waals surface area contributed by atoms with Crippen molar-refractivity contribution in [1.29, 1.82) is 0 Å². The molecule has 0 aliphatic rings. The van der Waals surface area contributed by atoms with E-state index in [9.17, 15) is 0 Å². The summed E-state index contributed by atoms with van der Waals surface area (Å²) in [4.78, 5) is 0. The first-order chi connectivity index (χ1) is 7.41. The standard InChI is InChI=1S/C14H26S/c1-2-3-4-5-6-7-8-9-10-11-12-13-14-15/h8-9,11-12,15H,2-7,10,13-14H2,1H3. The maximum atomic E-state index is 4.15. The normalized spacial score (nSPS) is 11.9. The molecule has 0 saturated heterocycles. The molecule has 88 valence electrons. The predicted octanol–water partition coefficient (Wildman–Crippen LogP) is 5.17. The van der Waals surface area contributed by atoms with Crippen molar-refractivity contribution in [2.45, 2.75) is 58.3 Å². The molecular formula is C14H26S. The topological polar surface area (TPSA) is 0 Å². The van der Waals surface area contributed by atoms with E-state index in [2.05, 4.69) is 43.9 Å². The van der Waals surface area contributed by atoms with E-state index in [0.29, 0.717) is 0 Å². The van der Waals surface area contributed by atoms with Crippen LogP contribution in [0.4, 0.5) is 0 Å². The number of rotatable bonds is 10. The van der Waals surface area contributed by atoms with Crippen LogP contribution < -0.4 is 0 Å². The highest BCUT2D eigenvalue weighted by molar-refractivity contribution is 7.80. The first kappa shape index (κ1) is 14.8. The van der Waals surface area contributed by atoms with Crippen LogP contribution in [0.25, 0.3) is 0 Å². The maximum absolute atomic E-state index is 4.15. The first-order valence-electron chi connectivity index (χ1n) is 6.32. The summed E-state index contributed by atoms with van der Waals surface area (Å²) in [7, 11) is 0. The molecule has 0 fully saturated rings. The fraction of sp³-hybridized carbons (Fsp3) is 0.714. The first-order valence-corrected chi connectivity index (χ1v) is 6.96. The second kappa shape index (κ2) is 13.8. The molecule has 0 heterocycles. The Bertz CT molecular complexity index is 159. The molecule has 0 unspecified atom stereocenters. The van der Waals surface area contributed by atoms with Gasteiger partial charge < -0.3 is 0 Å². The molecule has 0 aromatic rings.